The molecule has 1 atom stereocenters. The second kappa shape index (κ2) is 9.77. The molecule has 1 unspecified atom stereocenters. The number of benzene rings is 2. The van der Waals surface area contributed by atoms with Gasteiger partial charge in [-0.2, -0.15) is 0 Å². The molecular formula is C19H24ClN3O4S. The molecule has 9 heteroatoms. The number of anilines is 1. The molecule has 0 spiro atoms. The van der Waals surface area contributed by atoms with Gasteiger partial charge in [0.2, 0.25) is 0 Å². The van der Waals surface area contributed by atoms with Gasteiger partial charge in [0.25, 0.3) is 15.9 Å². The van der Waals surface area contributed by atoms with E-state index in [0.29, 0.717) is 29.6 Å². The maximum atomic E-state index is 12.5. The molecule has 3 N–H and O–H groups in total. The van der Waals surface area contributed by atoms with Crippen LogP contribution >= 0.6 is 12.4 Å². The van der Waals surface area contributed by atoms with Gasteiger partial charge in [-0.3, -0.25) is 9.52 Å². The first-order valence-corrected chi connectivity index (χ1v) is 10.2. The molecular weight excluding hydrogens is 402 g/mol. The Morgan fingerprint density at radius 1 is 1.14 bits per heavy atom. The zero-order valence-corrected chi connectivity index (χ0v) is 17.1. The van der Waals surface area contributed by atoms with Crippen LogP contribution in [0.15, 0.2) is 53.4 Å². The zero-order valence-electron chi connectivity index (χ0n) is 15.5. The van der Waals surface area contributed by atoms with Crippen molar-refractivity contribution < 1.29 is 17.9 Å². The van der Waals surface area contributed by atoms with Crippen molar-refractivity contribution in [2.75, 3.05) is 24.9 Å². The van der Waals surface area contributed by atoms with Gasteiger partial charge in [0, 0.05) is 23.8 Å². The van der Waals surface area contributed by atoms with Crippen molar-refractivity contribution in [3.8, 4) is 5.75 Å². The highest BCUT2D eigenvalue weighted by atomic mass is 35.5. The smallest absolute Gasteiger partial charge is 0.261 e. The van der Waals surface area contributed by atoms with Crippen LogP contribution in [0.2, 0.25) is 0 Å². The molecule has 1 heterocycles. The Hall–Kier alpha value is -2.29. The topological polar surface area (TPSA) is 96.5 Å². The van der Waals surface area contributed by atoms with E-state index in [9.17, 15) is 13.2 Å². The molecule has 28 heavy (non-hydrogen) atoms. The van der Waals surface area contributed by atoms with E-state index in [2.05, 4.69) is 15.4 Å². The molecule has 1 aliphatic rings. The van der Waals surface area contributed by atoms with E-state index in [1.54, 1.807) is 31.4 Å². The lowest BCUT2D eigenvalue weighted by atomic mass is 10.2. The Morgan fingerprint density at radius 2 is 1.82 bits per heavy atom. The summed E-state index contributed by atoms with van der Waals surface area (Å²) in [6, 6.07) is 12.8. The quantitative estimate of drug-likeness (QED) is 0.633. The average molecular weight is 426 g/mol. The van der Waals surface area contributed by atoms with E-state index < -0.39 is 10.0 Å². The van der Waals surface area contributed by atoms with Crippen LogP contribution in [0.4, 0.5) is 5.69 Å². The Balaban J connectivity index is 0.00000280. The Morgan fingerprint density at radius 3 is 2.39 bits per heavy atom. The van der Waals surface area contributed by atoms with Crippen molar-refractivity contribution in [3.63, 3.8) is 0 Å². The van der Waals surface area contributed by atoms with Crippen molar-refractivity contribution in [3.05, 3.63) is 54.1 Å². The normalized spacial score (nSPS) is 16.1. The third-order valence-corrected chi connectivity index (χ3v) is 5.84. The summed E-state index contributed by atoms with van der Waals surface area (Å²) in [5.74, 6) is 0.428. The summed E-state index contributed by atoms with van der Waals surface area (Å²) >= 11 is 0. The van der Waals surface area contributed by atoms with Gasteiger partial charge < -0.3 is 15.4 Å². The minimum absolute atomic E-state index is 0. The molecule has 0 aromatic heterocycles. The van der Waals surface area contributed by atoms with Gasteiger partial charge in [-0.15, -0.1) is 12.4 Å². The highest BCUT2D eigenvalue weighted by molar-refractivity contribution is 7.92. The van der Waals surface area contributed by atoms with Crippen LogP contribution in [0, 0.1) is 0 Å². The first kappa shape index (κ1) is 22.0. The number of ether oxygens (including phenoxy) is 1. The lowest BCUT2D eigenvalue weighted by Crippen LogP contribution is -2.37. The fraction of sp³-hybridized carbons (Fsp3) is 0.316. The summed E-state index contributed by atoms with van der Waals surface area (Å²) in [6.45, 7) is 1.55. The van der Waals surface area contributed by atoms with Gasteiger partial charge in [-0.05, 0) is 67.9 Å². The van der Waals surface area contributed by atoms with Crippen molar-refractivity contribution in [2.24, 2.45) is 0 Å². The lowest BCUT2D eigenvalue weighted by Gasteiger charge is -2.12. The molecule has 1 fully saturated rings. The third-order valence-electron chi connectivity index (χ3n) is 4.44. The van der Waals surface area contributed by atoms with Crippen LogP contribution in [-0.2, 0) is 10.0 Å². The monoisotopic (exact) mass is 425 g/mol. The fourth-order valence-electron chi connectivity index (χ4n) is 2.91. The number of halogens is 1. The molecule has 3 rings (SSSR count). The molecule has 152 valence electrons. The second-order valence-corrected chi connectivity index (χ2v) is 8.04. The number of sulfonamides is 1. The minimum Gasteiger partial charge on any atom is -0.497 e. The first-order valence-electron chi connectivity index (χ1n) is 8.76. The van der Waals surface area contributed by atoms with Crippen LogP contribution in [-0.4, -0.2) is 40.6 Å². The molecule has 1 saturated heterocycles. The molecule has 0 bridgehead atoms. The second-order valence-electron chi connectivity index (χ2n) is 6.36. The average Bonchev–Trinajstić information content (AvgIpc) is 3.20. The summed E-state index contributed by atoms with van der Waals surface area (Å²) in [6.07, 6.45) is 2.17. The molecule has 0 radical (unpaired) electrons. The van der Waals surface area contributed by atoms with Crippen LogP contribution in [0.5, 0.6) is 5.75 Å². The van der Waals surface area contributed by atoms with Crippen LogP contribution in [0.1, 0.15) is 23.2 Å². The molecule has 0 aliphatic carbocycles. The summed E-state index contributed by atoms with van der Waals surface area (Å²) in [5.41, 5.74) is 0.859. The number of hydrogen-bond donors (Lipinski definition) is 3. The van der Waals surface area contributed by atoms with Crippen molar-refractivity contribution in [1.82, 2.24) is 10.6 Å². The highest BCUT2D eigenvalue weighted by Gasteiger charge is 2.17. The fourth-order valence-corrected chi connectivity index (χ4v) is 3.97. The van der Waals surface area contributed by atoms with E-state index in [4.69, 9.17) is 4.74 Å². The molecule has 1 amide bonds. The van der Waals surface area contributed by atoms with E-state index >= 15 is 0 Å². The number of methoxy groups -OCH3 is 1. The number of carbonyl (C=O) groups is 1. The number of amides is 1. The van der Waals surface area contributed by atoms with Crippen molar-refractivity contribution in [1.29, 1.82) is 0 Å². The Bertz CT molecular complexity index is 880. The van der Waals surface area contributed by atoms with Crippen LogP contribution < -0.4 is 20.1 Å². The van der Waals surface area contributed by atoms with Gasteiger partial charge in [0.05, 0.1) is 12.0 Å². The predicted molar refractivity (Wildman–Crippen MR) is 111 cm³/mol. The maximum Gasteiger partial charge on any atom is 0.261 e. The first-order chi connectivity index (χ1) is 13.0. The summed E-state index contributed by atoms with van der Waals surface area (Å²) in [5, 5.41) is 6.18. The van der Waals surface area contributed by atoms with Crippen molar-refractivity contribution in [2.45, 2.75) is 23.8 Å². The minimum atomic E-state index is -3.73. The lowest BCUT2D eigenvalue weighted by molar-refractivity contribution is 0.0950. The van der Waals surface area contributed by atoms with Gasteiger partial charge in [0.1, 0.15) is 5.75 Å². The number of rotatable bonds is 7. The summed E-state index contributed by atoms with van der Waals surface area (Å²) in [4.78, 5) is 12.3. The van der Waals surface area contributed by atoms with Gasteiger partial charge >= 0.3 is 0 Å². The van der Waals surface area contributed by atoms with Crippen molar-refractivity contribution >= 4 is 34.0 Å². The Labute approximate surface area is 171 Å². The van der Waals surface area contributed by atoms with Gasteiger partial charge in [0.15, 0.2) is 0 Å². The standard InChI is InChI=1S/C19H23N3O4S.ClH/c1-26-17-8-6-15(7-9-17)22-27(24,25)18-10-4-14(5-11-18)19(23)21-13-16-3-2-12-20-16;/h4-11,16,20,22H,2-3,12-13H2,1H3,(H,21,23);1H. The predicted octanol–water partition coefficient (Wildman–Crippen LogP) is 2.40. The Kier molecular flexibility index (Phi) is 7.68. The van der Waals surface area contributed by atoms with E-state index in [1.165, 1.54) is 24.3 Å². The molecule has 2 aromatic rings. The van der Waals surface area contributed by atoms with Gasteiger partial charge in [-0.25, -0.2) is 8.42 Å². The van der Waals surface area contributed by atoms with E-state index in [0.717, 1.165) is 19.4 Å². The number of nitrogens with one attached hydrogen (secondary N) is 3. The number of hydrogen-bond acceptors (Lipinski definition) is 5. The van der Waals surface area contributed by atoms with E-state index in [1.807, 2.05) is 0 Å². The molecule has 2 aromatic carbocycles. The van der Waals surface area contributed by atoms with Gasteiger partial charge in [-0.1, -0.05) is 0 Å². The van der Waals surface area contributed by atoms with Crippen LogP contribution in [0.25, 0.3) is 0 Å². The highest BCUT2D eigenvalue weighted by Crippen LogP contribution is 2.19. The largest absolute Gasteiger partial charge is 0.497 e. The summed E-state index contributed by atoms with van der Waals surface area (Å²) < 4.78 is 32.5. The molecule has 7 nitrogen and oxygen atoms in total. The summed E-state index contributed by atoms with van der Waals surface area (Å²) in [7, 11) is -2.19. The number of carbonyl (C=O) groups excluding carboxylic acids is 1. The molecule has 1 aliphatic heterocycles. The zero-order chi connectivity index (χ0) is 19.3. The maximum absolute atomic E-state index is 12.5. The molecule has 0 saturated carbocycles. The van der Waals surface area contributed by atoms with Crippen LogP contribution in [0.3, 0.4) is 0 Å². The third kappa shape index (κ3) is 5.60. The SMILES string of the molecule is COc1ccc(NS(=O)(=O)c2ccc(C(=O)NCC3CCCN3)cc2)cc1.Cl. The van der Waals surface area contributed by atoms with E-state index in [-0.39, 0.29) is 23.2 Å².